The molecule has 1 fully saturated rings. The largest absolute Gasteiger partial charge is 0.480 e. The van der Waals surface area contributed by atoms with Gasteiger partial charge in [-0.1, -0.05) is 0 Å². The third kappa shape index (κ3) is 3.64. The molecule has 20 heavy (non-hydrogen) atoms. The van der Waals surface area contributed by atoms with Gasteiger partial charge in [0.15, 0.2) is 12.4 Å². The second-order valence-corrected chi connectivity index (χ2v) is 5.15. The Balaban J connectivity index is 0.00000200. The van der Waals surface area contributed by atoms with Gasteiger partial charge in [-0.3, -0.25) is 9.48 Å². The van der Waals surface area contributed by atoms with Gasteiger partial charge in [0.25, 0.3) is 5.91 Å². The molecule has 0 radical (unpaired) electrons. The number of aromatic nitrogens is 2. The SMILES string of the molecule is Cc1nn(C)c(C)c1OCC(=O)N1CCCC(N)C1.Cl. The topological polar surface area (TPSA) is 73.4 Å². The van der Waals surface area contributed by atoms with Crippen LogP contribution in [-0.4, -0.2) is 46.3 Å². The monoisotopic (exact) mass is 302 g/mol. The molecule has 1 aromatic rings. The highest BCUT2D eigenvalue weighted by Crippen LogP contribution is 2.21. The smallest absolute Gasteiger partial charge is 0.260 e. The van der Waals surface area contributed by atoms with Gasteiger partial charge in [0, 0.05) is 26.2 Å². The third-order valence-electron chi connectivity index (χ3n) is 3.59. The van der Waals surface area contributed by atoms with Crippen LogP contribution in [0.1, 0.15) is 24.2 Å². The van der Waals surface area contributed by atoms with Crippen LogP contribution in [0, 0.1) is 13.8 Å². The summed E-state index contributed by atoms with van der Waals surface area (Å²) in [6.45, 7) is 5.27. The van der Waals surface area contributed by atoms with Crippen molar-refractivity contribution in [2.75, 3.05) is 19.7 Å². The van der Waals surface area contributed by atoms with E-state index in [9.17, 15) is 4.79 Å². The van der Waals surface area contributed by atoms with E-state index < -0.39 is 0 Å². The third-order valence-corrected chi connectivity index (χ3v) is 3.59. The summed E-state index contributed by atoms with van der Waals surface area (Å²) in [5.74, 6) is 0.704. The van der Waals surface area contributed by atoms with Gasteiger partial charge in [-0.05, 0) is 26.7 Å². The lowest BCUT2D eigenvalue weighted by atomic mass is 10.1. The van der Waals surface area contributed by atoms with Crippen LogP contribution >= 0.6 is 12.4 Å². The summed E-state index contributed by atoms with van der Waals surface area (Å²) in [5, 5.41) is 4.26. The zero-order chi connectivity index (χ0) is 14.0. The molecule has 1 amide bonds. The molecule has 0 spiro atoms. The second kappa shape index (κ2) is 6.95. The molecule has 7 heteroatoms. The Kier molecular flexibility index (Phi) is 5.83. The summed E-state index contributed by atoms with van der Waals surface area (Å²) in [6.07, 6.45) is 1.96. The first kappa shape index (κ1) is 16.8. The minimum absolute atomic E-state index is 0. The summed E-state index contributed by atoms with van der Waals surface area (Å²) in [7, 11) is 1.86. The quantitative estimate of drug-likeness (QED) is 0.896. The molecular weight excluding hydrogens is 280 g/mol. The number of hydrogen-bond acceptors (Lipinski definition) is 4. The van der Waals surface area contributed by atoms with Gasteiger partial charge in [0.05, 0.1) is 5.69 Å². The first-order valence-corrected chi connectivity index (χ1v) is 6.65. The molecule has 1 aliphatic heterocycles. The molecule has 1 unspecified atom stereocenters. The summed E-state index contributed by atoms with van der Waals surface area (Å²) in [4.78, 5) is 13.9. The first-order valence-electron chi connectivity index (χ1n) is 6.65. The van der Waals surface area contributed by atoms with Crippen molar-refractivity contribution in [2.45, 2.75) is 32.7 Å². The van der Waals surface area contributed by atoms with Gasteiger partial charge >= 0.3 is 0 Å². The highest BCUT2D eigenvalue weighted by atomic mass is 35.5. The number of halogens is 1. The molecule has 6 nitrogen and oxygen atoms in total. The number of hydrogen-bond donors (Lipinski definition) is 1. The molecule has 1 aliphatic rings. The van der Waals surface area contributed by atoms with E-state index in [0.717, 1.165) is 30.8 Å². The number of nitrogens with two attached hydrogens (primary N) is 1. The zero-order valence-corrected chi connectivity index (χ0v) is 13.1. The summed E-state index contributed by atoms with van der Waals surface area (Å²) in [6, 6.07) is 0.0968. The Morgan fingerprint density at radius 2 is 2.20 bits per heavy atom. The average molecular weight is 303 g/mol. The van der Waals surface area contributed by atoms with Gasteiger partial charge in [0.2, 0.25) is 0 Å². The number of rotatable bonds is 3. The molecule has 2 heterocycles. The standard InChI is InChI=1S/C13H22N4O2.ClH/c1-9-13(10(2)16(3)15-9)19-8-12(18)17-6-4-5-11(14)7-17;/h11H,4-8,14H2,1-3H3;1H. The number of carbonyl (C=O) groups is 1. The van der Waals surface area contributed by atoms with Crippen LogP contribution in [0.2, 0.25) is 0 Å². The van der Waals surface area contributed by atoms with Crippen molar-refractivity contribution in [2.24, 2.45) is 12.8 Å². The summed E-state index contributed by atoms with van der Waals surface area (Å²) >= 11 is 0. The van der Waals surface area contributed by atoms with E-state index >= 15 is 0 Å². The highest BCUT2D eigenvalue weighted by Gasteiger charge is 2.22. The summed E-state index contributed by atoms with van der Waals surface area (Å²) < 4.78 is 7.38. The number of amides is 1. The van der Waals surface area contributed by atoms with E-state index in [4.69, 9.17) is 10.5 Å². The zero-order valence-electron chi connectivity index (χ0n) is 12.3. The minimum atomic E-state index is -0.00203. The Morgan fingerprint density at radius 3 is 2.75 bits per heavy atom. The molecule has 0 aromatic carbocycles. The minimum Gasteiger partial charge on any atom is -0.480 e. The Labute approximate surface area is 125 Å². The van der Waals surface area contributed by atoms with Crippen LogP contribution in [-0.2, 0) is 11.8 Å². The molecule has 1 atom stereocenters. The van der Waals surface area contributed by atoms with Gasteiger partial charge in [-0.25, -0.2) is 0 Å². The lowest BCUT2D eigenvalue weighted by Crippen LogP contribution is -2.47. The van der Waals surface area contributed by atoms with E-state index in [0.29, 0.717) is 12.3 Å². The molecule has 114 valence electrons. The fourth-order valence-corrected chi connectivity index (χ4v) is 2.42. The molecule has 1 aromatic heterocycles. The molecule has 0 bridgehead atoms. The number of nitrogens with zero attached hydrogens (tertiary/aromatic N) is 3. The van der Waals surface area contributed by atoms with E-state index in [1.165, 1.54) is 0 Å². The maximum Gasteiger partial charge on any atom is 0.260 e. The number of piperidine rings is 1. The van der Waals surface area contributed by atoms with E-state index in [-0.39, 0.29) is 31.0 Å². The molecule has 0 saturated carbocycles. The van der Waals surface area contributed by atoms with Crippen molar-refractivity contribution in [3.05, 3.63) is 11.4 Å². The number of aryl methyl sites for hydroxylation is 2. The van der Waals surface area contributed by atoms with Crippen molar-refractivity contribution in [1.29, 1.82) is 0 Å². The Bertz CT molecular complexity index is 475. The summed E-state index contributed by atoms with van der Waals surface area (Å²) in [5.41, 5.74) is 7.61. The van der Waals surface area contributed by atoms with Crippen molar-refractivity contribution in [3.63, 3.8) is 0 Å². The predicted molar refractivity (Wildman–Crippen MR) is 79.2 cm³/mol. The fraction of sp³-hybridized carbons (Fsp3) is 0.692. The van der Waals surface area contributed by atoms with E-state index in [1.807, 2.05) is 20.9 Å². The maximum absolute atomic E-state index is 12.1. The number of carbonyl (C=O) groups excluding carboxylic acids is 1. The van der Waals surface area contributed by atoms with Gasteiger partial charge in [-0.15, -0.1) is 12.4 Å². The molecule has 1 saturated heterocycles. The van der Waals surface area contributed by atoms with Crippen LogP contribution in [0.3, 0.4) is 0 Å². The van der Waals surface area contributed by atoms with E-state index in [1.54, 1.807) is 9.58 Å². The maximum atomic E-state index is 12.1. The van der Waals surface area contributed by atoms with Gasteiger partial charge in [0.1, 0.15) is 5.69 Å². The van der Waals surface area contributed by atoms with Crippen LogP contribution in [0.25, 0.3) is 0 Å². The predicted octanol–water partition coefficient (Wildman–Crippen LogP) is 0.787. The number of ether oxygens (including phenoxy) is 1. The highest BCUT2D eigenvalue weighted by molar-refractivity contribution is 5.85. The molecule has 2 N–H and O–H groups in total. The molecule has 2 rings (SSSR count). The lowest BCUT2D eigenvalue weighted by Gasteiger charge is -2.30. The Hall–Kier alpha value is -1.27. The Morgan fingerprint density at radius 1 is 1.50 bits per heavy atom. The second-order valence-electron chi connectivity index (χ2n) is 5.15. The first-order chi connectivity index (χ1) is 8.99. The average Bonchev–Trinajstić information content (AvgIpc) is 2.61. The van der Waals surface area contributed by atoms with Crippen molar-refractivity contribution >= 4 is 18.3 Å². The molecular formula is C13H23ClN4O2. The van der Waals surface area contributed by atoms with Gasteiger partial charge < -0.3 is 15.4 Å². The van der Waals surface area contributed by atoms with Crippen molar-refractivity contribution < 1.29 is 9.53 Å². The van der Waals surface area contributed by atoms with Crippen LogP contribution < -0.4 is 10.5 Å². The van der Waals surface area contributed by atoms with Crippen LogP contribution in [0.5, 0.6) is 5.75 Å². The molecule has 0 aliphatic carbocycles. The van der Waals surface area contributed by atoms with E-state index in [2.05, 4.69) is 5.10 Å². The number of likely N-dealkylation sites (tertiary alicyclic amines) is 1. The van der Waals surface area contributed by atoms with Crippen molar-refractivity contribution in [1.82, 2.24) is 14.7 Å². The van der Waals surface area contributed by atoms with Crippen LogP contribution in [0.15, 0.2) is 0 Å². The normalized spacial score (nSPS) is 18.6. The lowest BCUT2D eigenvalue weighted by molar-refractivity contribution is -0.134. The van der Waals surface area contributed by atoms with Gasteiger partial charge in [-0.2, -0.15) is 5.10 Å². The van der Waals surface area contributed by atoms with Crippen LogP contribution in [0.4, 0.5) is 0 Å². The fourth-order valence-electron chi connectivity index (χ4n) is 2.42. The van der Waals surface area contributed by atoms with Crippen molar-refractivity contribution in [3.8, 4) is 5.75 Å².